The minimum Gasteiger partial charge on any atom is -0.393 e. The first kappa shape index (κ1) is 12.6. The molecule has 0 aromatic heterocycles. The van der Waals surface area contributed by atoms with Crippen LogP contribution in [0.3, 0.4) is 0 Å². The van der Waals surface area contributed by atoms with Crippen molar-refractivity contribution in [3.8, 4) is 0 Å². The zero-order valence-corrected chi connectivity index (χ0v) is 10.9. The van der Waals surface area contributed by atoms with E-state index in [1.54, 1.807) is 0 Å². The van der Waals surface area contributed by atoms with Crippen LogP contribution in [0.1, 0.15) is 62.5 Å². The summed E-state index contributed by atoms with van der Waals surface area (Å²) in [6.07, 6.45) is 8.05. The Kier molecular flexibility index (Phi) is 4.61. The molecule has 1 N–H and O–H groups in total. The van der Waals surface area contributed by atoms with Crippen molar-refractivity contribution in [1.82, 2.24) is 0 Å². The Morgan fingerprint density at radius 1 is 1.24 bits per heavy atom. The van der Waals surface area contributed by atoms with E-state index in [1.165, 1.54) is 43.2 Å². The first-order chi connectivity index (χ1) is 8.31. The molecule has 0 saturated carbocycles. The fourth-order valence-corrected chi connectivity index (χ4v) is 2.83. The Labute approximate surface area is 105 Å². The summed E-state index contributed by atoms with van der Waals surface area (Å²) in [6.45, 7) is 2.22. The van der Waals surface area contributed by atoms with Crippen molar-refractivity contribution in [3.05, 3.63) is 35.4 Å². The Bertz CT molecular complexity index is 345. The van der Waals surface area contributed by atoms with Gasteiger partial charge < -0.3 is 5.11 Å². The summed E-state index contributed by atoms with van der Waals surface area (Å²) in [7, 11) is 0. The molecule has 1 aromatic carbocycles. The Morgan fingerprint density at radius 3 is 2.82 bits per heavy atom. The number of hydrogen-bond donors (Lipinski definition) is 1. The number of hydrogen-bond acceptors (Lipinski definition) is 1. The molecule has 1 aromatic rings. The minimum atomic E-state index is -0.0924. The fraction of sp³-hybridized carbons (Fsp3) is 0.625. The third-order valence-corrected chi connectivity index (χ3v) is 3.91. The van der Waals surface area contributed by atoms with Crippen LogP contribution in [0.15, 0.2) is 24.3 Å². The van der Waals surface area contributed by atoms with Crippen LogP contribution in [-0.2, 0) is 6.42 Å². The summed E-state index contributed by atoms with van der Waals surface area (Å²) < 4.78 is 0. The molecule has 0 saturated heterocycles. The average Bonchev–Trinajstić information content (AvgIpc) is 2.32. The monoisotopic (exact) mass is 232 g/mol. The molecule has 0 amide bonds. The summed E-state index contributed by atoms with van der Waals surface area (Å²) in [6, 6.07) is 8.64. The molecule has 2 unspecified atom stereocenters. The van der Waals surface area contributed by atoms with Crippen molar-refractivity contribution in [2.24, 2.45) is 0 Å². The van der Waals surface area contributed by atoms with Gasteiger partial charge in [-0.1, -0.05) is 56.9 Å². The molecular weight excluding hydrogens is 208 g/mol. The van der Waals surface area contributed by atoms with Crippen LogP contribution in [0, 0.1) is 0 Å². The van der Waals surface area contributed by atoms with Gasteiger partial charge >= 0.3 is 0 Å². The Hall–Kier alpha value is -0.820. The van der Waals surface area contributed by atoms with E-state index in [0.717, 1.165) is 12.8 Å². The van der Waals surface area contributed by atoms with Gasteiger partial charge in [0, 0.05) is 0 Å². The second-order valence-electron chi connectivity index (χ2n) is 5.34. The molecule has 1 aliphatic carbocycles. The Morgan fingerprint density at radius 2 is 2.06 bits per heavy atom. The van der Waals surface area contributed by atoms with E-state index in [4.69, 9.17) is 0 Å². The summed E-state index contributed by atoms with van der Waals surface area (Å²) in [5, 5.41) is 10.0. The van der Waals surface area contributed by atoms with Crippen molar-refractivity contribution in [3.63, 3.8) is 0 Å². The molecule has 2 atom stereocenters. The molecule has 0 spiro atoms. The van der Waals surface area contributed by atoms with Crippen LogP contribution in [0.5, 0.6) is 0 Å². The van der Waals surface area contributed by atoms with Crippen molar-refractivity contribution in [1.29, 1.82) is 0 Å². The highest BCUT2D eigenvalue weighted by Crippen LogP contribution is 2.38. The van der Waals surface area contributed by atoms with E-state index in [2.05, 4.69) is 31.2 Å². The largest absolute Gasteiger partial charge is 0.393 e. The van der Waals surface area contributed by atoms with Gasteiger partial charge in [0.15, 0.2) is 0 Å². The van der Waals surface area contributed by atoms with Gasteiger partial charge in [-0.25, -0.2) is 0 Å². The van der Waals surface area contributed by atoms with E-state index in [-0.39, 0.29) is 6.10 Å². The first-order valence-corrected chi connectivity index (χ1v) is 7.07. The van der Waals surface area contributed by atoms with Gasteiger partial charge in [-0.05, 0) is 36.3 Å². The van der Waals surface area contributed by atoms with Crippen LogP contribution < -0.4 is 0 Å². The summed E-state index contributed by atoms with van der Waals surface area (Å²) in [5.74, 6) is 0.618. The predicted molar refractivity (Wildman–Crippen MR) is 72.3 cm³/mol. The molecule has 1 aliphatic rings. The topological polar surface area (TPSA) is 20.2 Å². The standard InChI is InChI=1S/C16H24O/c1-2-3-4-5-9-15(17)12-14-11-13-8-6-7-10-16(13)14/h6-8,10,14-15,17H,2-5,9,11-12H2,1H3. The second-order valence-corrected chi connectivity index (χ2v) is 5.34. The lowest BCUT2D eigenvalue weighted by molar-refractivity contribution is 0.138. The molecule has 17 heavy (non-hydrogen) atoms. The molecule has 2 rings (SSSR count). The molecular formula is C16H24O. The van der Waals surface area contributed by atoms with Crippen LogP contribution in [0.4, 0.5) is 0 Å². The third kappa shape index (κ3) is 3.32. The second kappa shape index (κ2) is 6.20. The van der Waals surface area contributed by atoms with Gasteiger partial charge in [-0.2, -0.15) is 0 Å². The number of benzene rings is 1. The van der Waals surface area contributed by atoms with E-state index >= 15 is 0 Å². The molecule has 1 nitrogen and oxygen atoms in total. The lowest BCUT2D eigenvalue weighted by atomic mass is 9.74. The van der Waals surface area contributed by atoms with E-state index < -0.39 is 0 Å². The average molecular weight is 232 g/mol. The highest BCUT2D eigenvalue weighted by molar-refractivity contribution is 5.39. The lowest BCUT2D eigenvalue weighted by Crippen LogP contribution is -2.22. The highest BCUT2D eigenvalue weighted by atomic mass is 16.3. The summed E-state index contributed by atoms with van der Waals surface area (Å²) in [5.41, 5.74) is 2.95. The van der Waals surface area contributed by atoms with E-state index in [0.29, 0.717) is 5.92 Å². The highest BCUT2D eigenvalue weighted by Gasteiger charge is 2.26. The fourth-order valence-electron chi connectivity index (χ4n) is 2.83. The van der Waals surface area contributed by atoms with E-state index in [9.17, 15) is 5.11 Å². The van der Waals surface area contributed by atoms with Crippen molar-refractivity contribution >= 4 is 0 Å². The Balaban J connectivity index is 1.69. The van der Waals surface area contributed by atoms with Crippen LogP contribution in [-0.4, -0.2) is 11.2 Å². The molecule has 94 valence electrons. The zero-order chi connectivity index (χ0) is 12.1. The molecule has 0 heterocycles. The number of rotatable bonds is 7. The molecule has 0 fully saturated rings. The summed E-state index contributed by atoms with van der Waals surface area (Å²) in [4.78, 5) is 0. The minimum absolute atomic E-state index is 0.0924. The van der Waals surface area contributed by atoms with Gasteiger partial charge in [0.05, 0.1) is 6.10 Å². The summed E-state index contributed by atoms with van der Waals surface area (Å²) >= 11 is 0. The zero-order valence-electron chi connectivity index (χ0n) is 10.9. The first-order valence-electron chi connectivity index (χ1n) is 7.07. The van der Waals surface area contributed by atoms with Gasteiger partial charge in [0.25, 0.3) is 0 Å². The van der Waals surface area contributed by atoms with E-state index in [1.807, 2.05) is 0 Å². The third-order valence-electron chi connectivity index (χ3n) is 3.91. The molecule has 0 bridgehead atoms. The maximum atomic E-state index is 10.0. The normalized spacial score (nSPS) is 19.5. The van der Waals surface area contributed by atoms with Gasteiger partial charge in [-0.3, -0.25) is 0 Å². The molecule has 0 aliphatic heterocycles. The van der Waals surface area contributed by atoms with Crippen LogP contribution in [0.2, 0.25) is 0 Å². The number of fused-ring (bicyclic) bond motifs is 1. The lowest BCUT2D eigenvalue weighted by Gasteiger charge is -2.31. The predicted octanol–water partition coefficient (Wildman–Crippen LogP) is 4.05. The van der Waals surface area contributed by atoms with Crippen molar-refractivity contribution in [2.45, 2.75) is 63.9 Å². The maximum absolute atomic E-state index is 10.0. The van der Waals surface area contributed by atoms with Crippen LogP contribution in [0.25, 0.3) is 0 Å². The molecule has 0 radical (unpaired) electrons. The number of aliphatic hydroxyl groups is 1. The van der Waals surface area contributed by atoms with Gasteiger partial charge in [-0.15, -0.1) is 0 Å². The smallest absolute Gasteiger partial charge is 0.0546 e. The van der Waals surface area contributed by atoms with Gasteiger partial charge in [0.1, 0.15) is 0 Å². The van der Waals surface area contributed by atoms with Crippen LogP contribution >= 0.6 is 0 Å². The quantitative estimate of drug-likeness (QED) is 0.703. The number of aliphatic hydroxyl groups excluding tert-OH is 1. The molecule has 1 heteroatoms. The van der Waals surface area contributed by atoms with Crippen molar-refractivity contribution in [2.75, 3.05) is 0 Å². The SMILES string of the molecule is CCCCCCC(O)CC1Cc2ccccc21. The number of unbranched alkanes of at least 4 members (excludes halogenated alkanes) is 3. The van der Waals surface area contributed by atoms with Gasteiger partial charge in [0.2, 0.25) is 0 Å². The van der Waals surface area contributed by atoms with Crippen molar-refractivity contribution < 1.29 is 5.11 Å². The maximum Gasteiger partial charge on any atom is 0.0546 e.